The average Bonchev–Trinajstić information content (AvgIpc) is 3.07. The van der Waals surface area contributed by atoms with Gasteiger partial charge in [0.1, 0.15) is 17.1 Å². The molecule has 6 nitrogen and oxygen atoms in total. The predicted octanol–water partition coefficient (Wildman–Crippen LogP) is 3.02. The first kappa shape index (κ1) is 18.3. The predicted molar refractivity (Wildman–Crippen MR) is 97.8 cm³/mol. The van der Waals surface area contributed by atoms with Crippen LogP contribution in [0.3, 0.4) is 0 Å². The Bertz CT molecular complexity index is 996. The van der Waals surface area contributed by atoms with Gasteiger partial charge in [-0.3, -0.25) is 4.79 Å². The fraction of sp³-hybridized carbons (Fsp3) is 0.150. The number of esters is 1. The average molecular weight is 367 g/mol. The Morgan fingerprint density at radius 3 is 2.52 bits per heavy atom. The van der Waals surface area contributed by atoms with Crippen LogP contribution in [-0.2, 0) is 9.53 Å². The Kier molecular flexibility index (Phi) is 5.03. The molecule has 0 aliphatic heterocycles. The number of nitrogens with two attached hydrogens (primary N) is 1. The number of carbonyl (C=O) groups excluding carboxylic acids is 2. The molecule has 27 heavy (non-hydrogen) atoms. The highest BCUT2D eigenvalue weighted by Crippen LogP contribution is 2.25. The number of rotatable bonds is 5. The summed E-state index contributed by atoms with van der Waals surface area (Å²) in [6, 6.07) is 13.2. The molecule has 1 amide bonds. The first-order valence-electron chi connectivity index (χ1n) is 8.28. The number of benzene rings is 2. The van der Waals surface area contributed by atoms with Crippen molar-refractivity contribution in [2.24, 2.45) is 5.73 Å². The minimum atomic E-state index is -1.07. The van der Waals surface area contributed by atoms with Crippen molar-refractivity contribution >= 4 is 11.9 Å². The van der Waals surface area contributed by atoms with Gasteiger partial charge in [0.2, 0.25) is 0 Å². The Balaban J connectivity index is 2.07. The SMILES string of the molecule is Cc1cccc(-c2nn(-c3ccc(F)cc3)cc2C(=O)O[C@@H](C)C(N)=O)c1. The van der Waals surface area contributed by atoms with Gasteiger partial charge in [0.25, 0.3) is 5.91 Å². The molecule has 0 spiro atoms. The molecule has 0 bridgehead atoms. The van der Waals surface area contributed by atoms with Gasteiger partial charge in [0, 0.05) is 11.8 Å². The standard InChI is InChI=1S/C20H18FN3O3/c1-12-4-3-5-14(10-12)18-17(20(26)27-13(2)19(22)25)11-24(23-18)16-8-6-15(21)7-9-16/h3-11,13H,1-2H3,(H2,22,25)/t13-/m0/s1. The molecule has 0 fully saturated rings. The maximum absolute atomic E-state index is 13.2. The van der Waals surface area contributed by atoms with E-state index in [1.165, 1.54) is 29.9 Å². The second kappa shape index (κ2) is 7.41. The smallest absolute Gasteiger partial charge is 0.342 e. The molecule has 1 atom stereocenters. The van der Waals surface area contributed by atoms with Gasteiger partial charge >= 0.3 is 5.97 Å². The number of carbonyl (C=O) groups is 2. The zero-order chi connectivity index (χ0) is 19.6. The number of primary amides is 1. The van der Waals surface area contributed by atoms with E-state index < -0.39 is 18.0 Å². The fourth-order valence-electron chi connectivity index (χ4n) is 2.54. The van der Waals surface area contributed by atoms with Gasteiger partial charge in [0.15, 0.2) is 6.10 Å². The number of hydrogen-bond donors (Lipinski definition) is 1. The van der Waals surface area contributed by atoms with Crippen molar-refractivity contribution < 1.29 is 18.7 Å². The molecule has 0 saturated heterocycles. The van der Waals surface area contributed by atoms with Crippen LogP contribution in [-0.4, -0.2) is 27.8 Å². The monoisotopic (exact) mass is 367 g/mol. The van der Waals surface area contributed by atoms with E-state index in [9.17, 15) is 14.0 Å². The Morgan fingerprint density at radius 2 is 1.89 bits per heavy atom. The van der Waals surface area contributed by atoms with E-state index in [1.807, 2.05) is 31.2 Å². The van der Waals surface area contributed by atoms with Crippen LogP contribution in [0.5, 0.6) is 0 Å². The molecule has 0 radical (unpaired) electrons. The van der Waals surface area contributed by atoms with Crippen molar-refractivity contribution in [3.8, 4) is 16.9 Å². The summed E-state index contributed by atoms with van der Waals surface area (Å²) in [5.41, 5.74) is 8.03. The highest BCUT2D eigenvalue weighted by molar-refractivity contribution is 5.97. The summed E-state index contributed by atoms with van der Waals surface area (Å²) in [4.78, 5) is 23.8. The molecular weight excluding hydrogens is 349 g/mol. The van der Waals surface area contributed by atoms with Gasteiger partial charge in [-0.15, -0.1) is 0 Å². The van der Waals surface area contributed by atoms with Crippen molar-refractivity contribution in [2.75, 3.05) is 0 Å². The maximum atomic E-state index is 13.2. The van der Waals surface area contributed by atoms with Crippen LogP contribution in [0.15, 0.2) is 54.7 Å². The van der Waals surface area contributed by atoms with Crippen LogP contribution in [0.1, 0.15) is 22.8 Å². The Hall–Kier alpha value is -3.48. The minimum Gasteiger partial charge on any atom is -0.449 e. The van der Waals surface area contributed by atoms with Crippen LogP contribution in [0, 0.1) is 12.7 Å². The van der Waals surface area contributed by atoms with Crippen LogP contribution in [0.2, 0.25) is 0 Å². The molecule has 7 heteroatoms. The molecule has 138 valence electrons. The fourth-order valence-corrected chi connectivity index (χ4v) is 2.54. The normalized spacial score (nSPS) is 11.8. The van der Waals surface area contributed by atoms with E-state index in [4.69, 9.17) is 10.5 Å². The number of nitrogens with zero attached hydrogens (tertiary/aromatic N) is 2. The van der Waals surface area contributed by atoms with E-state index >= 15 is 0 Å². The Morgan fingerprint density at radius 1 is 1.19 bits per heavy atom. The van der Waals surface area contributed by atoms with Gasteiger partial charge in [0.05, 0.1) is 5.69 Å². The summed E-state index contributed by atoms with van der Waals surface area (Å²) in [6.45, 7) is 3.32. The van der Waals surface area contributed by atoms with E-state index in [-0.39, 0.29) is 11.4 Å². The van der Waals surface area contributed by atoms with Gasteiger partial charge < -0.3 is 10.5 Å². The molecule has 2 aromatic carbocycles. The summed E-state index contributed by atoms with van der Waals surface area (Å²) in [5, 5.41) is 4.47. The Labute approximate surface area is 155 Å². The van der Waals surface area contributed by atoms with Crippen LogP contribution >= 0.6 is 0 Å². The van der Waals surface area contributed by atoms with E-state index in [0.717, 1.165) is 11.1 Å². The maximum Gasteiger partial charge on any atom is 0.342 e. The van der Waals surface area contributed by atoms with Crippen molar-refractivity contribution in [1.82, 2.24) is 9.78 Å². The third kappa shape index (κ3) is 4.03. The summed E-state index contributed by atoms with van der Waals surface area (Å²) in [6.07, 6.45) is 0.415. The van der Waals surface area contributed by atoms with E-state index in [0.29, 0.717) is 11.4 Å². The third-order valence-corrected chi connectivity index (χ3v) is 4.00. The largest absolute Gasteiger partial charge is 0.449 e. The zero-order valence-corrected chi connectivity index (χ0v) is 14.8. The second-order valence-corrected chi connectivity index (χ2v) is 6.13. The number of aromatic nitrogens is 2. The van der Waals surface area contributed by atoms with Crippen LogP contribution in [0.4, 0.5) is 4.39 Å². The molecule has 2 N–H and O–H groups in total. The van der Waals surface area contributed by atoms with Gasteiger partial charge in [-0.1, -0.05) is 23.8 Å². The quantitative estimate of drug-likeness (QED) is 0.702. The first-order chi connectivity index (χ1) is 12.8. The van der Waals surface area contributed by atoms with Crippen LogP contribution in [0.25, 0.3) is 16.9 Å². The number of amides is 1. The number of halogens is 1. The summed E-state index contributed by atoms with van der Waals surface area (Å²) in [5.74, 6) is -1.84. The lowest BCUT2D eigenvalue weighted by Crippen LogP contribution is -2.30. The van der Waals surface area contributed by atoms with E-state index in [2.05, 4.69) is 5.10 Å². The molecule has 1 heterocycles. The molecular formula is C20H18FN3O3. The molecule has 0 saturated carbocycles. The highest BCUT2D eigenvalue weighted by atomic mass is 19.1. The van der Waals surface area contributed by atoms with Crippen LogP contribution < -0.4 is 5.73 Å². The first-order valence-corrected chi connectivity index (χ1v) is 8.28. The number of ether oxygens (including phenoxy) is 1. The second-order valence-electron chi connectivity index (χ2n) is 6.13. The highest BCUT2D eigenvalue weighted by Gasteiger charge is 2.23. The molecule has 0 aliphatic carbocycles. The summed E-state index contributed by atoms with van der Waals surface area (Å²) in [7, 11) is 0. The topological polar surface area (TPSA) is 87.2 Å². The lowest BCUT2D eigenvalue weighted by molar-refractivity contribution is -0.125. The van der Waals surface area contributed by atoms with Crippen molar-refractivity contribution in [1.29, 1.82) is 0 Å². The lowest BCUT2D eigenvalue weighted by atomic mass is 10.1. The molecule has 3 rings (SSSR count). The summed E-state index contributed by atoms with van der Waals surface area (Å²) >= 11 is 0. The van der Waals surface area contributed by atoms with Gasteiger partial charge in [-0.25, -0.2) is 13.9 Å². The third-order valence-electron chi connectivity index (χ3n) is 4.00. The molecule has 0 unspecified atom stereocenters. The zero-order valence-electron chi connectivity index (χ0n) is 14.8. The molecule has 0 aliphatic rings. The molecule has 1 aromatic heterocycles. The van der Waals surface area contributed by atoms with Gasteiger partial charge in [-0.05, 0) is 44.2 Å². The lowest BCUT2D eigenvalue weighted by Gasteiger charge is -2.09. The number of aryl methyl sites for hydroxylation is 1. The van der Waals surface area contributed by atoms with Crippen molar-refractivity contribution in [3.05, 3.63) is 71.7 Å². The number of hydrogen-bond acceptors (Lipinski definition) is 4. The van der Waals surface area contributed by atoms with Crippen molar-refractivity contribution in [3.63, 3.8) is 0 Å². The summed E-state index contributed by atoms with van der Waals surface area (Å²) < 4.78 is 19.8. The minimum absolute atomic E-state index is 0.179. The molecule has 3 aromatic rings. The van der Waals surface area contributed by atoms with Gasteiger partial charge in [-0.2, -0.15) is 5.10 Å². The van der Waals surface area contributed by atoms with Crippen molar-refractivity contribution in [2.45, 2.75) is 20.0 Å². The van der Waals surface area contributed by atoms with E-state index in [1.54, 1.807) is 12.1 Å².